The molecule has 1 aromatic carbocycles. The average Bonchev–Trinajstić information content (AvgIpc) is 2.63. The van der Waals surface area contributed by atoms with Gasteiger partial charge in [-0.3, -0.25) is 4.79 Å². The summed E-state index contributed by atoms with van der Waals surface area (Å²) in [6.07, 6.45) is 3.79. The van der Waals surface area contributed by atoms with E-state index >= 15 is 0 Å². The van der Waals surface area contributed by atoms with Crippen molar-refractivity contribution in [3.8, 4) is 0 Å². The first-order valence-corrected chi connectivity index (χ1v) is 7.30. The molecule has 3 nitrogen and oxygen atoms in total. The molecule has 0 aliphatic carbocycles. The van der Waals surface area contributed by atoms with E-state index in [1.54, 1.807) is 0 Å². The highest BCUT2D eigenvalue weighted by Crippen LogP contribution is 2.17. The SMILES string of the molecule is CCc1ccc(C(C)NC2CCCNC(=O)C2)cc1. The second-order valence-corrected chi connectivity index (χ2v) is 5.38. The Kier molecular flexibility index (Phi) is 4.97. The van der Waals surface area contributed by atoms with Gasteiger partial charge in [0.15, 0.2) is 0 Å². The van der Waals surface area contributed by atoms with Gasteiger partial charge in [-0.2, -0.15) is 0 Å². The highest BCUT2D eigenvalue weighted by Gasteiger charge is 2.19. The summed E-state index contributed by atoms with van der Waals surface area (Å²) in [5.41, 5.74) is 2.66. The molecule has 1 saturated heterocycles. The molecule has 104 valence electrons. The third kappa shape index (κ3) is 4.06. The van der Waals surface area contributed by atoms with Crippen LogP contribution in [-0.2, 0) is 11.2 Å². The first-order valence-electron chi connectivity index (χ1n) is 7.30. The van der Waals surface area contributed by atoms with Gasteiger partial charge in [-0.15, -0.1) is 0 Å². The third-order valence-corrected chi connectivity index (χ3v) is 3.86. The van der Waals surface area contributed by atoms with E-state index in [0.717, 1.165) is 25.8 Å². The maximum Gasteiger partial charge on any atom is 0.221 e. The normalized spacial score (nSPS) is 21.6. The van der Waals surface area contributed by atoms with Gasteiger partial charge in [-0.25, -0.2) is 0 Å². The fourth-order valence-electron chi connectivity index (χ4n) is 2.61. The lowest BCUT2D eigenvalue weighted by molar-refractivity contribution is -0.121. The first-order chi connectivity index (χ1) is 9.19. The Bertz CT molecular complexity index is 413. The molecule has 1 aliphatic rings. The Labute approximate surface area is 115 Å². The van der Waals surface area contributed by atoms with Crippen LogP contribution in [0.4, 0.5) is 0 Å². The van der Waals surface area contributed by atoms with Crippen LogP contribution in [-0.4, -0.2) is 18.5 Å². The van der Waals surface area contributed by atoms with Crippen molar-refractivity contribution in [2.24, 2.45) is 0 Å². The van der Waals surface area contributed by atoms with Crippen LogP contribution in [0.15, 0.2) is 24.3 Å². The van der Waals surface area contributed by atoms with E-state index in [2.05, 4.69) is 48.7 Å². The van der Waals surface area contributed by atoms with Crippen LogP contribution < -0.4 is 10.6 Å². The van der Waals surface area contributed by atoms with E-state index in [0.29, 0.717) is 18.5 Å². The molecule has 0 aromatic heterocycles. The quantitative estimate of drug-likeness (QED) is 0.873. The van der Waals surface area contributed by atoms with E-state index in [9.17, 15) is 4.79 Å². The zero-order valence-electron chi connectivity index (χ0n) is 11.9. The molecule has 1 heterocycles. The third-order valence-electron chi connectivity index (χ3n) is 3.86. The molecule has 2 unspecified atom stereocenters. The second kappa shape index (κ2) is 6.71. The summed E-state index contributed by atoms with van der Waals surface area (Å²) in [6.45, 7) is 5.15. The van der Waals surface area contributed by atoms with E-state index in [4.69, 9.17) is 0 Å². The molecule has 0 radical (unpaired) electrons. The molecule has 2 N–H and O–H groups in total. The summed E-state index contributed by atoms with van der Waals surface area (Å²) in [4.78, 5) is 11.5. The molecule has 2 rings (SSSR count). The summed E-state index contributed by atoms with van der Waals surface area (Å²) >= 11 is 0. The van der Waals surface area contributed by atoms with Crippen molar-refractivity contribution in [1.82, 2.24) is 10.6 Å². The van der Waals surface area contributed by atoms with Crippen molar-refractivity contribution < 1.29 is 4.79 Å². The summed E-state index contributed by atoms with van der Waals surface area (Å²) in [7, 11) is 0. The molecule has 3 heteroatoms. The minimum atomic E-state index is 0.170. The van der Waals surface area contributed by atoms with E-state index in [1.165, 1.54) is 11.1 Å². The van der Waals surface area contributed by atoms with E-state index in [-0.39, 0.29) is 5.91 Å². The minimum Gasteiger partial charge on any atom is -0.356 e. The maximum absolute atomic E-state index is 11.5. The Morgan fingerprint density at radius 1 is 1.37 bits per heavy atom. The van der Waals surface area contributed by atoms with Crippen LogP contribution in [0.25, 0.3) is 0 Å². The highest BCUT2D eigenvalue weighted by atomic mass is 16.1. The predicted octanol–water partition coefficient (Wildman–Crippen LogP) is 2.57. The molecular weight excluding hydrogens is 236 g/mol. The second-order valence-electron chi connectivity index (χ2n) is 5.38. The molecular formula is C16H24N2O. The van der Waals surface area contributed by atoms with Gasteiger partial charge in [0.25, 0.3) is 0 Å². The lowest BCUT2D eigenvalue weighted by Crippen LogP contribution is -2.34. The standard InChI is InChI=1S/C16H24N2O/c1-3-13-6-8-14(9-7-13)12(2)18-15-5-4-10-17-16(19)11-15/h6-9,12,15,18H,3-5,10-11H2,1-2H3,(H,17,19). The fraction of sp³-hybridized carbons (Fsp3) is 0.562. The molecule has 0 bridgehead atoms. The Morgan fingerprint density at radius 2 is 2.11 bits per heavy atom. The number of hydrogen-bond donors (Lipinski definition) is 2. The van der Waals surface area contributed by atoms with Gasteiger partial charge >= 0.3 is 0 Å². The number of carbonyl (C=O) groups is 1. The Balaban J connectivity index is 1.94. The number of amides is 1. The smallest absolute Gasteiger partial charge is 0.221 e. The number of rotatable bonds is 4. The van der Waals surface area contributed by atoms with E-state index in [1.807, 2.05) is 0 Å². The van der Waals surface area contributed by atoms with Crippen molar-refractivity contribution in [2.45, 2.75) is 51.6 Å². The predicted molar refractivity (Wildman–Crippen MR) is 78.0 cm³/mol. The summed E-state index contributed by atoms with van der Waals surface area (Å²) in [6, 6.07) is 9.34. The molecule has 1 aromatic rings. The van der Waals surface area contributed by atoms with Crippen molar-refractivity contribution in [2.75, 3.05) is 6.54 Å². The Hall–Kier alpha value is -1.35. The van der Waals surface area contributed by atoms with Gasteiger partial charge in [0.1, 0.15) is 0 Å². The molecule has 19 heavy (non-hydrogen) atoms. The lowest BCUT2D eigenvalue weighted by Gasteiger charge is -2.21. The maximum atomic E-state index is 11.5. The van der Waals surface area contributed by atoms with Crippen LogP contribution in [0.1, 0.15) is 50.3 Å². The number of hydrogen-bond acceptors (Lipinski definition) is 2. The van der Waals surface area contributed by atoms with Gasteiger partial charge in [-0.05, 0) is 37.3 Å². The molecule has 1 fully saturated rings. The lowest BCUT2D eigenvalue weighted by atomic mass is 10.0. The van der Waals surface area contributed by atoms with Crippen LogP contribution in [0, 0.1) is 0 Å². The molecule has 1 aliphatic heterocycles. The van der Waals surface area contributed by atoms with Crippen molar-refractivity contribution in [3.05, 3.63) is 35.4 Å². The Morgan fingerprint density at radius 3 is 2.79 bits per heavy atom. The first kappa shape index (κ1) is 14.1. The molecule has 2 atom stereocenters. The zero-order chi connectivity index (χ0) is 13.7. The number of nitrogens with one attached hydrogen (secondary N) is 2. The van der Waals surface area contributed by atoms with Crippen molar-refractivity contribution in [3.63, 3.8) is 0 Å². The highest BCUT2D eigenvalue weighted by molar-refractivity contribution is 5.76. The zero-order valence-corrected chi connectivity index (χ0v) is 11.9. The van der Waals surface area contributed by atoms with Gasteiger partial charge in [0.2, 0.25) is 5.91 Å². The van der Waals surface area contributed by atoms with Gasteiger partial charge in [0, 0.05) is 25.0 Å². The average molecular weight is 260 g/mol. The number of aryl methyl sites for hydroxylation is 1. The number of carbonyl (C=O) groups excluding carboxylic acids is 1. The van der Waals surface area contributed by atoms with E-state index < -0.39 is 0 Å². The minimum absolute atomic E-state index is 0.170. The topological polar surface area (TPSA) is 41.1 Å². The monoisotopic (exact) mass is 260 g/mol. The van der Waals surface area contributed by atoms with Gasteiger partial charge in [0.05, 0.1) is 0 Å². The van der Waals surface area contributed by atoms with Crippen LogP contribution >= 0.6 is 0 Å². The van der Waals surface area contributed by atoms with Crippen molar-refractivity contribution in [1.29, 1.82) is 0 Å². The summed E-state index contributed by atoms with van der Waals surface area (Å²) in [5.74, 6) is 0.170. The van der Waals surface area contributed by atoms with Crippen molar-refractivity contribution >= 4 is 5.91 Å². The largest absolute Gasteiger partial charge is 0.356 e. The van der Waals surface area contributed by atoms with Gasteiger partial charge < -0.3 is 10.6 Å². The summed E-state index contributed by atoms with van der Waals surface area (Å²) < 4.78 is 0. The van der Waals surface area contributed by atoms with Crippen LogP contribution in [0.3, 0.4) is 0 Å². The fourth-order valence-corrected chi connectivity index (χ4v) is 2.61. The number of benzene rings is 1. The molecule has 1 amide bonds. The van der Waals surface area contributed by atoms with Crippen LogP contribution in [0.2, 0.25) is 0 Å². The van der Waals surface area contributed by atoms with Crippen LogP contribution in [0.5, 0.6) is 0 Å². The van der Waals surface area contributed by atoms with Gasteiger partial charge in [-0.1, -0.05) is 31.2 Å². The molecule has 0 saturated carbocycles. The molecule has 0 spiro atoms. The summed E-state index contributed by atoms with van der Waals surface area (Å²) in [5, 5.41) is 6.51.